The van der Waals surface area contributed by atoms with Gasteiger partial charge >= 0.3 is 5.97 Å². The van der Waals surface area contributed by atoms with Gasteiger partial charge in [0.25, 0.3) is 0 Å². The van der Waals surface area contributed by atoms with Gasteiger partial charge in [0, 0.05) is 23.6 Å². The fourth-order valence-electron chi connectivity index (χ4n) is 8.97. The molecule has 3 saturated carbocycles. The molecule has 4 heteroatoms. The summed E-state index contributed by atoms with van der Waals surface area (Å²) in [6.45, 7) is 4.95. The molecule has 0 aromatic carbocycles. The number of ketones is 1. The van der Waals surface area contributed by atoms with Crippen LogP contribution in [0.3, 0.4) is 0 Å². The van der Waals surface area contributed by atoms with E-state index in [1.54, 1.807) is 0 Å². The van der Waals surface area contributed by atoms with E-state index >= 15 is 0 Å². The van der Waals surface area contributed by atoms with Crippen molar-refractivity contribution in [1.82, 2.24) is 0 Å². The number of fused-ring (bicyclic) bond motifs is 6. The second-order valence-corrected chi connectivity index (χ2v) is 12.6. The highest BCUT2D eigenvalue weighted by Gasteiger charge is 2.68. The number of allylic oxidation sites excluding steroid dienone is 1. The van der Waals surface area contributed by atoms with Gasteiger partial charge in [-0.2, -0.15) is 0 Å². The molecule has 31 heavy (non-hydrogen) atoms. The zero-order valence-electron chi connectivity index (χ0n) is 19.4. The van der Waals surface area contributed by atoms with Crippen LogP contribution in [0.2, 0.25) is 0 Å². The van der Waals surface area contributed by atoms with E-state index in [4.69, 9.17) is 4.74 Å². The van der Waals surface area contributed by atoms with E-state index < -0.39 is 0 Å². The number of hydrogen-bond donors (Lipinski definition) is 0. The third kappa shape index (κ3) is 3.32. The molecule has 0 unspecified atom stereocenters. The van der Waals surface area contributed by atoms with E-state index in [-0.39, 0.29) is 22.4 Å². The summed E-state index contributed by atoms with van der Waals surface area (Å²) < 4.78 is 6.16. The van der Waals surface area contributed by atoms with Crippen LogP contribution in [0.4, 0.5) is 0 Å². The first-order valence-electron chi connectivity index (χ1n) is 12.8. The van der Waals surface area contributed by atoms with Gasteiger partial charge in [-0.1, -0.05) is 48.2 Å². The molecule has 172 valence electrons. The Morgan fingerprint density at radius 3 is 2.55 bits per heavy atom. The van der Waals surface area contributed by atoms with Crippen molar-refractivity contribution >= 4 is 27.7 Å². The predicted molar refractivity (Wildman–Crippen MR) is 126 cm³/mol. The number of carbonyl (C=O) groups is 2. The van der Waals surface area contributed by atoms with E-state index in [0.29, 0.717) is 30.0 Å². The molecule has 1 spiro atoms. The Hall–Kier alpha value is -0.640. The monoisotopic (exact) mass is 490 g/mol. The highest BCUT2D eigenvalue weighted by Crippen LogP contribution is 2.71. The van der Waals surface area contributed by atoms with Crippen molar-refractivity contribution in [2.45, 2.75) is 103 Å². The first-order valence-corrected chi connectivity index (χ1v) is 14.0. The Bertz CT molecular complexity index is 789. The number of esters is 1. The smallest absolute Gasteiger partial charge is 0.306 e. The fraction of sp³-hybridized carbons (Fsp3) is 0.852. The van der Waals surface area contributed by atoms with Crippen LogP contribution in [-0.4, -0.2) is 22.7 Å². The second kappa shape index (κ2) is 7.99. The topological polar surface area (TPSA) is 43.4 Å². The summed E-state index contributed by atoms with van der Waals surface area (Å²) in [5.41, 5.74) is 1.61. The molecule has 0 N–H and O–H groups in total. The summed E-state index contributed by atoms with van der Waals surface area (Å²) in [6.07, 6.45) is 16.3. The van der Waals surface area contributed by atoms with Gasteiger partial charge in [0.05, 0.1) is 0 Å². The molecule has 0 amide bonds. The van der Waals surface area contributed by atoms with Gasteiger partial charge in [-0.15, -0.1) is 0 Å². The van der Waals surface area contributed by atoms with Gasteiger partial charge in [-0.05, 0) is 93.0 Å². The van der Waals surface area contributed by atoms with E-state index in [0.717, 1.165) is 43.4 Å². The fourth-order valence-corrected chi connectivity index (χ4v) is 9.37. The van der Waals surface area contributed by atoms with Crippen LogP contribution in [0.1, 0.15) is 97.3 Å². The standard InChI is InChI=1S/C27H39BrO3/c1-25-11-7-20(29)17-19(25)16-18(6-4-3-5-15-28)24-21(25)8-12-26(2)22(24)9-13-27(26)14-10-23(30)31-27/h17-18,21-22,24H,3-16H2,1-2H3/t18-,21+,22+,24-,25+,26+,27-/m1/s1. The van der Waals surface area contributed by atoms with E-state index in [1.165, 1.54) is 50.5 Å². The molecule has 0 bridgehead atoms. The highest BCUT2D eigenvalue weighted by molar-refractivity contribution is 9.09. The number of hydrogen-bond acceptors (Lipinski definition) is 3. The number of halogens is 1. The van der Waals surface area contributed by atoms with Crippen LogP contribution in [-0.2, 0) is 14.3 Å². The van der Waals surface area contributed by atoms with Crippen molar-refractivity contribution in [2.24, 2.45) is 34.5 Å². The SMILES string of the molecule is C[C@]12CCC(=O)C=C1C[C@@H](CCCCCBr)[C@@H]1[C@@H]2CC[C@@]2(C)[C@H]1CC[C@@]21CCC(=O)O1. The molecule has 1 heterocycles. The van der Waals surface area contributed by atoms with Gasteiger partial charge in [0.1, 0.15) is 5.60 Å². The maximum absolute atomic E-state index is 12.3. The quantitative estimate of drug-likeness (QED) is 0.242. The summed E-state index contributed by atoms with van der Waals surface area (Å²) in [4.78, 5) is 24.5. The lowest BCUT2D eigenvalue weighted by molar-refractivity contribution is -0.171. The van der Waals surface area contributed by atoms with Gasteiger partial charge in [-0.25, -0.2) is 0 Å². The molecule has 7 atom stereocenters. The second-order valence-electron chi connectivity index (χ2n) is 11.8. The number of ether oxygens (including phenoxy) is 1. The lowest BCUT2D eigenvalue weighted by atomic mass is 9.43. The molecule has 5 aliphatic rings. The van der Waals surface area contributed by atoms with Crippen LogP contribution in [0.5, 0.6) is 0 Å². The number of carbonyl (C=O) groups excluding carboxylic acids is 2. The normalized spacial score (nSPS) is 46.4. The third-order valence-electron chi connectivity index (χ3n) is 10.7. The van der Waals surface area contributed by atoms with Crippen molar-refractivity contribution in [1.29, 1.82) is 0 Å². The molecule has 1 saturated heterocycles. The average Bonchev–Trinajstić information content (AvgIpc) is 3.26. The van der Waals surface area contributed by atoms with Crippen molar-refractivity contribution in [3.63, 3.8) is 0 Å². The molecule has 1 aliphatic heterocycles. The maximum Gasteiger partial charge on any atom is 0.306 e. The number of alkyl halides is 1. The van der Waals surface area contributed by atoms with E-state index in [2.05, 4.69) is 29.8 Å². The lowest BCUT2D eigenvalue weighted by Crippen LogP contribution is -2.57. The minimum Gasteiger partial charge on any atom is -0.458 e. The van der Waals surface area contributed by atoms with Gasteiger partial charge in [0.15, 0.2) is 5.78 Å². The molecule has 4 fully saturated rings. The van der Waals surface area contributed by atoms with Crippen molar-refractivity contribution in [2.75, 3.05) is 5.33 Å². The Balaban J connectivity index is 1.48. The summed E-state index contributed by atoms with van der Waals surface area (Å²) >= 11 is 3.59. The minimum absolute atomic E-state index is 0.0296. The Morgan fingerprint density at radius 1 is 1.00 bits per heavy atom. The Kier molecular flexibility index (Phi) is 5.71. The van der Waals surface area contributed by atoms with Crippen molar-refractivity contribution in [3.8, 4) is 0 Å². The summed E-state index contributed by atoms with van der Waals surface area (Å²) in [7, 11) is 0. The Morgan fingerprint density at radius 2 is 1.81 bits per heavy atom. The molecule has 4 aliphatic carbocycles. The summed E-state index contributed by atoms with van der Waals surface area (Å²) in [5.74, 6) is 3.13. The summed E-state index contributed by atoms with van der Waals surface area (Å²) in [6, 6.07) is 0. The maximum atomic E-state index is 12.3. The van der Waals surface area contributed by atoms with Crippen LogP contribution >= 0.6 is 15.9 Å². The average molecular weight is 492 g/mol. The zero-order valence-corrected chi connectivity index (χ0v) is 21.0. The zero-order chi connectivity index (χ0) is 21.9. The molecule has 3 nitrogen and oxygen atoms in total. The molecular formula is C27H39BrO3. The van der Waals surface area contributed by atoms with Gasteiger partial charge in [-0.3, -0.25) is 9.59 Å². The first-order chi connectivity index (χ1) is 14.8. The van der Waals surface area contributed by atoms with Crippen molar-refractivity contribution < 1.29 is 14.3 Å². The van der Waals surface area contributed by atoms with E-state index in [1.807, 2.05) is 6.08 Å². The predicted octanol–water partition coefficient (Wildman–Crippen LogP) is 6.78. The Labute approximate surface area is 196 Å². The van der Waals surface area contributed by atoms with Crippen LogP contribution in [0, 0.1) is 34.5 Å². The van der Waals surface area contributed by atoms with Gasteiger partial charge in [0.2, 0.25) is 0 Å². The van der Waals surface area contributed by atoms with Crippen LogP contribution in [0.15, 0.2) is 11.6 Å². The van der Waals surface area contributed by atoms with Crippen LogP contribution < -0.4 is 0 Å². The molecular weight excluding hydrogens is 452 g/mol. The van der Waals surface area contributed by atoms with Crippen LogP contribution in [0.25, 0.3) is 0 Å². The van der Waals surface area contributed by atoms with E-state index in [9.17, 15) is 9.59 Å². The third-order valence-corrected chi connectivity index (χ3v) is 11.2. The molecule has 0 aromatic rings. The highest BCUT2D eigenvalue weighted by atomic mass is 79.9. The molecule has 0 aromatic heterocycles. The molecule has 5 rings (SSSR count). The number of unbranched alkanes of at least 4 members (excludes halogenated alkanes) is 2. The summed E-state index contributed by atoms with van der Waals surface area (Å²) in [5, 5.41) is 1.09. The van der Waals surface area contributed by atoms with Crippen molar-refractivity contribution in [3.05, 3.63) is 11.6 Å². The minimum atomic E-state index is -0.195. The van der Waals surface area contributed by atoms with Gasteiger partial charge < -0.3 is 4.74 Å². The first kappa shape index (κ1) is 22.2. The molecule has 0 radical (unpaired) electrons. The number of rotatable bonds is 5. The lowest BCUT2D eigenvalue weighted by Gasteiger charge is -2.61. The largest absolute Gasteiger partial charge is 0.458 e.